The van der Waals surface area contributed by atoms with Crippen LogP contribution < -0.4 is 5.32 Å². The van der Waals surface area contributed by atoms with Gasteiger partial charge in [-0.3, -0.25) is 4.79 Å². The topological polar surface area (TPSA) is 79.2 Å². The first kappa shape index (κ1) is 17.2. The highest BCUT2D eigenvalue weighted by Gasteiger charge is 2.33. The Labute approximate surface area is 138 Å². The van der Waals surface area contributed by atoms with Crippen molar-refractivity contribution in [1.82, 2.24) is 5.32 Å². The number of nitrogens with zero attached hydrogens (tertiary/aromatic N) is 1. The second-order valence-corrected chi connectivity index (χ2v) is 5.94. The second-order valence-electron chi connectivity index (χ2n) is 5.50. The van der Waals surface area contributed by atoms with E-state index in [2.05, 4.69) is 11.4 Å². The maximum Gasteiger partial charge on any atom is 0.341 e. The van der Waals surface area contributed by atoms with Crippen LogP contribution in [0.1, 0.15) is 42.5 Å². The lowest BCUT2D eigenvalue weighted by Gasteiger charge is -2.31. The molecule has 23 heavy (non-hydrogen) atoms. The number of esters is 1. The van der Waals surface area contributed by atoms with Crippen LogP contribution >= 0.6 is 11.6 Å². The maximum absolute atomic E-state index is 13.5. The van der Waals surface area contributed by atoms with E-state index in [-0.39, 0.29) is 10.6 Å². The van der Waals surface area contributed by atoms with Gasteiger partial charge in [0.2, 0.25) is 0 Å². The van der Waals surface area contributed by atoms with Crippen LogP contribution in [0.2, 0.25) is 5.02 Å². The van der Waals surface area contributed by atoms with E-state index in [1.165, 1.54) is 6.07 Å². The van der Waals surface area contributed by atoms with E-state index in [1.807, 2.05) is 0 Å². The predicted octanol–water partition coefficient (Wildman–Crippen LogP) is 2.98. The molecule has 1 amide bonds. The van der Waals surface area contributed by atoms with Gasteiger partial charge in [-0.25, -0.2) is 9.18 Å². The first-order valence-electron chi connectivity index (χ1n) is 7.30. The van der Waals surface area contributed by atoms with E-state index < -0.39 is 29.8 Å². The molecule has 0 heterocycles. The lowest BCUT2D eigenvalue weighted by Crippen LogP contribution is -2.50. The van der Waals surface area contributed by atoms with Crippen LogP contribution in [-0.4, -0.2) is 24.0 Å². The highest BCUT2D eigenvalue weighted by atomic mass is 35.5. The number of benzene rings is 1. The molecule has 1 aromatic carbocycles. The molecule has 0 aromatic heterocycles. The summed E-state index contributed by atoms with van der Waals surface area (Å²) >= 11 is 5.70. The Morgan fingerprint density at radius 2 is 2.04 bits per heavy atom. The zero-order valence-electron chi connectivity index (χ0n) is 12.4. The molecule has 0 atom stereocenters. The monoisotopic (exact) mass is 338 g/mol. The number of ether oxygens (including phenoxy) is 1. The molecule has 2 rings (SSSR count). The third kappa shape index (κ3) is 4.42. The maximum atomic E-state index is 13.5. The molecule has 0 radical (unpaired) electrons. The number of rotatable bonds is 4. The van der Waals surface area contributed by atoms with Gasteiger partial charge in [-0.1, -0.05) is 30.9 Å². The summed E-state index contributed by atoms with van der Waals surface area (Å²) in [6.07, 6.45) is 3.91. The fourth-order valence-electron chi connectivity index (χ4n) is 2.59. The average molecular weight is 339 g/mol. The number of carbonyl (C=O) groups excluding carboxylic acids is 2. The van der Waals surface area contributed by atoms with Crippen molar-refractivity contribution in [3.63, 3.8) is 0 Å². The van der Waals surface area contributed by atoms with Crippen LogP contribution in [0.25, 0.3) is 0 Å². The van der Waals surface area contributed by atoms with Gasteiger partial charge in [0, 0.05) is 5.02 Å². The third-order valence-electron chi connectivity index (χ3n) is 3.78. The van der Waals surface area contributed by atoms with E-state index >= 15 is 0 Å². The summed E-state index contributed by atoms with van der Waals surface area (Å²) in [5, 5.41) is 12.1. The van der Waals surface area contributed by atoms with Crippen LogP contribution in [0.15, 0.2) is 18.2 Å². The summed E-state index contributed by atoms with van der Waals surface area (Å²) in [7, 11) is 0. The molecule has 0 saturated heterocycles. The fourth-order valence-corrected chi connectivity index (χ4v) is 2.76. The molecule has 7 heteroatoms. The van der Waals surface area contributed by atoms with Gasteiger partial charge in [-0.2, -0.15) is 5.26 Å². The lowest BCUT2D eigenvalue weighted by atomic mass is 9.83. The van der Waals surface area contributed by atoms with Gasteiger partial charge < -0.3 is 10.1 Å². The summed E-state index contributed by atoms with van der Waals surface area (Å²) in [6, 6.07) is 5.62. The van der Waals surface area contributed by atoms with Crippen molar-refractivity contribution in [2.45, 2.75) is 37.6 Å². The number of nitriles is 1. The van der Waals surface area contributed by atoms with Crippen molar-refractivity contribution in [3.05, 3.63) is 34.6 Å². The summed E-state index contributed by atoms with van der Waals surface area (Å²) < 4.78 is 18.3. The average Bonchev–Trinajstić information content (AvgIpc) is 2.55. The van der Waals surface area contributed by atoms with E-state index in [1.54, 1.807) is 0 Å². The Morgan fingerprint density at radius 3 is 2.70 bits per heavy atom. The summed E-state index contributed by atoms with van der Waals surface area (Å²) in [4.78, 5) is 23.7. The van der Waals surface area contributed by atoms with E-state index in [4.69, 9.17) is 16.3 Å². The van der Waals surface area contributed by atoms with Crippen molar-refractivity contribution in [3.8, 4) is 6.07 Å². The van der Waals surface area contributed by atoms with Crippen molar-refractivity contribution >= 4 is 23.5 Å². The smallest absolute Gasteiger partial charge is 0.341 e. The molecular formula is C16H16ClFN2O3. The van der Waals surface area contributed by atoms with Crippen LogP contribution in [0.3, 0.4) is 0 Å². The number of nitrogens with one attached hydrogen (secondary N) is 1. The standard InChI is InChI=1S/C16H16ClFN2O3/c17-11-4-5-13(18)12(8-11)15(22)23-9-14(21)20-16(10-19)6-2-1-3-7-16/h4-5,8H,1-3,6-7,9H2,(H,20,21). The van der Waals surface area contributed by atoms with Gasteiger partial charge in [0.15, 0.2) is 6.61 Å². The lowest BCUT2D eigenvalue weighted by molar-refractivity contribution is -0.125. The zero-order chi connectivity index (χ0) is 16.9. The molecular weight excluding hydrogens is 323 g/mol. The van der Waals surface area contributed by atoms with Crippen LogP contribution in [0.5, 0.6) is 0 Å². The number of hydrogen-bond donors (Lipinski definition) is 1. The molecule has 0 bridgehead atoms. The molecule has 1 aliphatic carbocycles. The van der Waals surface area contributed by atoms with Crippen molar-refractivity contribution < 1.29 is 18.7 Å². The minimum atomic E-state index is -0.977. The Morgan fingerprint density at radius 1 is 1.35 bits per heavy atom. The molecule has 1 aromatic rings. The van der Waals surface area contributed by atoms with Crippen LogP contribution in [-0.2, 0) is 9.53 Å². The quantitative estimate of drug-likeness (QED) is 0.856. The molecule has 0 spiro atoms. The first-order valence-corrected chi connectivity index (χ1v) is 7.68. The Kier molecular flexibility index (Phi) is 5.56. The Balaban J connectivity index is 1.92. The van der Waals surface area contributed by atoms with Gasteiger partial charge in [0.25, 0.3) is 5.91 Å². The summed E-state index contributed by atoms with van der Waals surface area (Å²) in [5.74, 6) is -2.33. The van der Waals surface area contributed by atoms with E-state index in [0.717, 1.165) is 31.4 Å². The van der Waals surface area contributed by atoms with Crippen molar-refractivity contribution in [2.24, 2.45) is 0 Å². The SMILES string of the molecule is N#CC1(NC(=O)COC(=O)c2cc(Cl)ccc2F)CCCCC1. The predicted molar refractivity (Wildman–Crippen MR) is 81.3 cm³/mol. The molecule has 1 fully saturated rings. The van der Waals surface area contributed by atoms with Crippen molar-refractivity contribution in [2.75, 3.05) is 6.61 Å². The van der Waals surface area contributed by atoms with Crippen molar-refractivity contribution in [1.29, 1.82) is 5.26 Å². The van der Waals surface area contributed by atoms with Crippen LogP contribution in [0.4, 0.5) is 4.39 Å². The highest BCUT2D eigenvalue weighted by Crippen LogP contribution is 2.27. The fraction of sp³-hybridized carbons (Fsp3) is 0.438. The molecule has 5 nitrogen and oxygen atoms in total. The van der Waals surface area contributed by atoms with Gasteiger partial charge in [-0.05, 0) is 31.0 Å². The number of hydrogen-bond acceptors (Lipinski definition) is 4. The minimum absolute atomic E-state index is 0.188. The third-order valence-corrected chi connectivity index (χ3v) is 4.02. The van der Waals surface area contributed by atoms with Gasteiger partial charge in [-0.15, -0.1) is 0 Å². The number of amides is 1. The number of halogens is 2. The zero-order valence-corrected chi connectivity index (χ0v) is 13.2. The minimum Gasteiger partial charge on any atom is -0.452 e. The molecule has 0 unspecified atom stereocenters. The van der Waals surface area contributed by atoms with Crippen LogP contribution in [0, 0.1) is 17.1 Å². The van der Waals surface area contributed by atoms with E-state index in [0.29, 0.717) is 12.8 Å². The molecule has 122 valence electrons. The van der Waals surface area contributed by atoms with E-state index in [9.17, 15) is 19.2 Å². The Hall–Kier alpha value is -2.13. The largest absolute Gasteiger partial charge is 0.452 e. The Bertz CT molecular complexity index is 651. The second kappa shape index (κ2) is 7.42. The van der Waals surface area contributed by atoms with Gasteiger partial charge >= 0.3 is 5.97 Å². The summed E-state index contributed by atoms with van der Waals surface area (Å²) in [5.41, 5.74) is -1.23. The normalized spacial score (nSPS) is 16.2. The molecule has 1 saturated carbocycles. The molecule has 0 aliphatic heterocycles. The first-order chi connectivity index (χ1) is 11.0. The summed E-state index contributed by atoms with van der Waals surface area (Å²) in [6.45, 7) is -0.575. The highest BCUT2D eigenvalue weighted by molar-refractivity contribution is 6.30. The molecule has 1 N–H and O–H groups in total. The molecule has 1 aliphatic rings. The number of carbonyl (C=O) groups is 2. The van der Waals surface area contributed by atoms with Gasteiger partial charge in [0.05, 0.1) is 11.6 Å². The van der Waals surface area contributed by atoms with Gasteiger partial charge in [0.1, 0.15) is 11.4 Å².